The molecule has 0 bridgehead atoms. The van der Waals surface area contributed by atoms with Crippen LogP contribution in [-0.4, -0.2) is 19.3 Å². The Labute approximate surface area is 128 Å². The van der Waals surface area contributed by atoms with Gasteiger partial charge in [0.15, 0.2) is 5.82 Å². The largest absolute Gasteiger partial charge is 0.333 e. The third-order valence-electron chi connectivity index (χ3n) is 3.87. The van der Waals surface area contributed by atoms with Gasteiger partial charge >= 0.3 is 0 Å². The molecule has 0 saturated carbocycles. The van der Waals surface area contributed by atoms with Gasteiger partial charge in [0.25, 0.3) is 0 Å². The maximum atomic E-state index is 4.82. The van der Waals surface area contributed by atoms with Crippen LogP contribution >= 0.6 is 0 Å². The number of hydrogen-bond acceptors (Lipinski definition) is 2. The van der Waals surface area contributed by atoms with E-state index in [1.165, 1.54) is 5.56 Å². The molecule has 0 spiro atoms. The van der Waals surface area contributed by atoms with Crippen LogP contribution in [-0.2, 0) is 13.6 Å². The van der Waals surface area contributed by atoms with Crippen LogP contribution < -0.4 is 0 Å². The highest BCUT2D eigenvalue weighted by atomic mass is 15.3. The van der Waals surface area contributed by atoms with Crippen molar-refractivity contribution in [2.24, 2.45) is 7.05 Å². The Hall–Kier alpha value is -2.88. The van der Waals surface area contributed by atoms with Crippen LogP contribution in [0.4, 0.5) is 0 Å². The highest BCUT2D eigenvalue weighted by Crippen LogP contribution is 2.26. The molecular weight excluding hydrogens is 272 g/mol. The fourth-order valence-corrected chi connectivity index (χ4v) is 2.76. The summed E-state index contributed by atoms with van der Waals surface area (Å²) in [4.78, 5) is 4.44. The van der Waals surface area contributed by atoms with Crippen LogP contribution in [0, 0.1) is 0 Å². The minimum atomic E-state index is 0.756. The molecule has 4 nitrogen and oxygen atoms in total. The molecule has 0 atom stereocenters. The molecule has 0 saturated heterocycles. The number of nitrogens with zero attached hydrogens (tertiary/aromatic N) is 4. The van der Waals surface area contributed by atoms with Crippen LogP contribution in [0.5, 0.6) is 0 Å². The molecule has 4 aromatic rings. The number of aryl methyl sites for hydroxylation is 1. The maximum absolute atomic E-state index is 4.82. The average Bonchev–Trinajstić information content (AvgIpc) is 3.13. The molecule has 0 radical (unpaired) electrons. The van der Waals surface area contributed by atoms with E-state index in [9.17, 15) is 0 Å². The number of para-hydroxylation sites is 1. The second-order valence-electron chi connectivity index (χ2n) is 5.37. The van der Waals surface area contributed by atoms with Gasteiger partial charge in [0.05, 0.1) is 12.1 Å². The molecule has 0 unspecified atom stereocenters. The smallest absolute Gasteiger partial charge is 0.160 e. The topological polar surface area (TPSA) is 35.6 Å². The number of fused-ring (bicyclic) bond motifs is 1. The minimum absolute atomic E-state index is 0.756. The first kappa shape index (κ1) is 12.8. The van der Waals surface area contributed by atoms with Crippen LogP contribution in [0.1, 0.15) is 5.56 Å². The van der Waals surface area contributed by atoms with Crippen LogP contribution in [0.15, 0.2) is 67.0 Å². The van der Waals surface area contributed by atoms with E-state index in [1.54, 1.807) is 6.20 Å². The normalized spacial score (nSPS) is 11.1. The summed E-state index contributed by atoms with van der Waals surface area (Å²) in [6.07, 6.45) is 3.75. The lowest BCUT2D eigenvalue weighted by atomic mass is 10.2. The molecule has 0 amide bonds. The average molecular weight is 288 g/mol. The molecule has 0 N–H and O–H groups in total. The summed E-state index contributed by atoms with van der Waals surface area (Å²) in [5.74, 6) is 0.892. The quantitative estimate of drug-likeness (QED) is 0.578. The summed E-state index contributed by atoms with van der Waals surface area (Å²) < 4.78 is 4.05. The van der Waals surface area contributed by atoms with E-state index in [2.05, 4.69) is 46.1 Å². The van der Waals surface area contributed by atoms with Gasteiger partial charge < -0.3 is 4.57 Å². The minimum Gasteiger partial charge on any atom is -0.333 e. The first-order valence-electron chi connectivity index (χ1n) is 7.30. The third-order valence-corrected chi connectivity index (χ3v) is 3.87. The zero-order chi connectivity index (χ0) is 14.9. The molecule has 2 heterocycles. The standard InChI is InChI=1S/C18H16N4/c1-21-12-11-19-18(21)17-15-9-5-6-10-16(15)22(20-17)13-14-7-3-2-4-8-14/h2-12H,13H2,1H3. The summed E-state index contributed by atoms with van der Waals surface area (Å²) in [6, 6.07) is 18.7. The molecule has 4 heteroatoms. The highest BCUT2D eigenvalue weighted by molar-refractivity contribution is 5.91. The molecule has 0 fully saturated rings. The van der Waals surface area contributed by atoms with E-state index in [0.29, 0.717) is 0 Å². The number of hydrogen-bond donors (Lipinski definition) is 0. The van der Waals surface area contributed by atoms with Crippen LogP contribution in [0.2, 0.25) is 0 Å². The lowest BCUT2D eigenvalue weighted by Gasteiger charge is -2.03. The van der Waals surface area contributed by atoms with Gasteiger partial charge in [-0.3, -0.25) is 4.68 Å². The Morgan fingerprint density at radius 3 is 2.50 bits per heavy atom. The molecule has 2 aromatic carbocycles. The van der Waals surface area contributed by atoms with Gasteiger partial charge in [-0.25, -0.2) is 4.98 Å². The Morgan fingerprint density at radius 2 is 1.73 bits per heavy atom. The fraction of sp³-hybridized carbons (Fsp3) is 0.111. The van der Waals surface area contributed by atoms with E-state index in [1.807, 2.05) is 36.0 Å². The maximum Gasteiger partial charge on any atom is 0.160 e. The molecule has 4 rings (SSSR count). The van der Waals surface area contributed by atoms with Gasteiger partial charge in [-0.05, 0) is 11.6 Å². The fourth-order valence-electron chi connectivity index (χ4n) is 2.76. The first-order valence-corrected chi connectivity index (χ1v) is 7.30. The summed E-state index contributed by atoms with van der Waals surface area (Å²) in [5, 5.41) is 5.95. The Balaban J connectivity index is 1.88. The SMILES string of the molecule is Cn1ccnc1-c1nn(Cc2ccccc2)c2ccccc12. The van der Waals surface area contributed by atoms with Crippen molar-refractivity contribution >= 4 is 10.9 Å². The van der Waals surface area contributed by atoms with E-state index < -0.39 is 0 Å². The van der Waals surface area contributed by atoms with E-state index in [4.69, 9.17) is 5.10 Å². The lowest BCUT2D eigenvalue weighted by molar-refractivity contribution is 0.711. The van der Waals surface area contributed by atoms with Crippen LogP contribution in [0.25, 0.3) is 22.4 Å². The molecule has 108 valence electrons. The Morgan fingerprint density at radius 1 is 0.955 bits per heavy atom. The van der Waals surface area contributed by atoms with Gasteiger partial charge in [0, 0.05) is 24.8 Å². The number of aromatic nitrogens is 4. The Kier molecular flexibility index (Phi) is 3.00. The molecular formula is C18H16N4. The summed E-state index contributed by atoms with van der Waals surface area (Å²) in [7, 11) is 1.99. The zero-order valence-corrected chi connectivity index (χ0v) is 12.3. The molecule has 0 aliphatic heterocycles. The van der Waals surface area contributed by atoms with Crippen molar-refractivity contribution in [2.45, 2.75) is 6.54 Å². The van der Waals surface area contributed by atoms with Gasteiger partial charge in [-0.15, -0.1) is 0 Å². The number of imidazole rings is 1. The molecule has 2 aromatic heterocycles. The van der Waals surface area contributed by atoms with Crippen molar-refractivity contribution in [3.05, 3.63) is 72.6 Å². The number of rotatable bonds is 3. The highest BCUT2D eigenvalue weighted by Gasteiger charge is 2.15. The van der Waals surface area contributed by atoms with Crippen molar-refractivity contribution in [1.82, 2.24) is 19.3 Å². The van der Waals surface area contributed by atoms with Crippen LogP contribution in [0.3, 0.4) is 0 Å². The predicted octanol–water partition coefficient (Wildman–Crippen LogP) is 3.49. The monoisotopic (exact) mass is 288 g/mol. The van der Waals surface area contributed by atoms with E-state index in [-0.39, 0.29) is 0 Å². The Bertz CT molecular complexity index is 919. The number of benzene rings is 2. The molecule has 22 heavy (non-hydrogen) atoms. The third kappa shape index (κ3) is 2.09. The second kappa shape index (κ2) is 5.15. The van der Waals surface area contributed by atoms with Crippen molar-refractivity contribution in [1.29, 1.82) is 0 Å². The van der Waals surface area contributed by atoms with Gasteiger partial charge in [0.2, 0.25) is 0 Å². The van der Waals surface area contributed by atoms with Gasteiger partial charge in [-0.1, -0.05) is 48.5 Å². The predicted molar refractivity (Wildman–Crippen MR) is 87.5 cm³/mol. The zero-order valence-electron chi connectivity index (χ0n) is 12.3. The summed E-state index contributed by atoms with van der Waals surface area (Å²) in [6.45, 7) is 0.756. The van der Waals surface area contributed by atoms with Crippen molar-refractivity contribution in [3.8, 4) is 11.5 Å². The second-order valence-corrected chi connectivity index (χ2v) is 5.37. The van der Waals surface area contributed by atoms with E-state index in [0.717, 1.165) is 29.0 Å². The van der Waals surface area contributed by atoms with Crippen molar-refractivity contribution < 1.29 is 0 Å². The molecule has 0 aliphatic carbocycles. The lowest BCUT2D eigenvalue weighted by Crippen LogP contribution is -2.02. The summed E-state index contributed by atoms with van der Waals surface area (Å²) in [5.41, 5.74) is 3.30. The van der Waals surface area contributed by atoms with E-state index >= 15 is 0 Å². The van der Waals surface area contributed by atoms with Gasteiger partial charge in [0.1, 0.15) is 5.69 Å². The van der Waals surface area contributed by atoms with Gasteiger partial charge in [-0.2, -0.15) is 5.10 Å². The van der Waals surface area contributed by atoms with Crippen molar-refractivity contribution in [2.75, 3.05) is 0 Å². The first-order chi connectivity index (χ1) is 10.8. The van der Waals surface area contributed by atoms with Crippen molar-refractivity contribution in [3.63, 3.8) is 0 Å². The molecule has 0 aliphatic rings. The summed E-state index contributed by atoms with van der Waals surface area (Å²) >= 11 is 0.